The van der Waals surface area contributed by atoms with Crippen LogP contribution < -0.4 is 16.9 Å². The smallest absolute Gasteiger partial charge is 0.253 e. The zero-order chi connectivity index (χ0) is 27.2. The van der Waals surface area contributed by atoms with Crippen molar-refractivity contribution < 1.29 is 20.4 Å². The van der Waals surface area contributed by atoms with Crippen LogP contribution in [0.15, 0.2) is 70.3 Å². The fraction of sp³-hybridized carbons (Fsp3) is 0.357. The highest BCUT2D eigenvalue weighted by atomic mass is 16.3. The van der Waals surface area contributed by atoms with Gasteiger partial charge in [0, 0.05) is 36.0 Å². The zero-order valence-corrected chi connectivity index (χ0v) is 21.1. The van der Waals surface area contributed by atoms with Gasteiger partial charge in [-0.25, -0.2) is 0 Å². The molecule has 2 aromatic carbocycles. The molecule has 0 aliphatic heterocycles. The van der Waals surface area contributed by atoms with Crippen molar-refractivity contribution in [3.8, 4) is 11.5 Å². The largest absolute Gasteiger partial charge is 0.506 e. The number of fused-ring (bicyclic) bond motifs is 2. The second kappa shape index (κ2) is 12.2. The van der Waals surface area contributed by atoms with Crippen LogP contribution >= 0.6 is 0 Å². The van der Waals surface area contributed by atoms with Gasteiger partial charge in [0.15, 0.2) is 0 Å². The molecule has 0 aliphatic rings. The molecule has 2 unspecified atom stereocenters. The molecule has 4 aromatic rings. The molecule has 0 saturated heterocycles. The number of phenols is 2. The van der Waals surface area contributed by atoms with Crippen molar-refractivity contribution in [3.63, 3.8) is 0 Å². The molecule has 4 rings (SSSR count). The van der Waals surface area contributed by atoms with E-state index in [9.17, 15) is 30.0 Å². The third-order valence-corrected chi connectivity index (χ3v) is 6.73. The maximum absolute atomic E-state index is 12.8. The number of phenolic OH excluding ortho intramolecular Hbond substituents is 2. The van der Waals surface area contributed by atoms with Crippen molar-refractivity contribution in [2.75, 3.05) is 26.2 Å². The molecule has 38 heavy (non-hydrogen) atoms. The van der Waals surface area contributed by atoms with Crippen molar-refractivity contribution in [1.29, 1.82) is 0 Å². The van der Waals surface area contributed by atoms with Crippen molar-refractivity contribution in [1.82, 2.24) is 14.0 Å². The second-order valence-electron chi connectivity index (χ2n) is 9.44. The van der Waals surface area contributed by atoms with E-state index in [1.165, 1.54) is 24.3 Å². The molecule has 10 nitrogen and oxygen atoms in total. The van der Waals surface area contributed by atoms with E-state index in [4.69, 9.17) is 5.73 Å². The molecule has 0 fully saturated rings. The molecule has 2 aromatic heterocycles. The molecule has 0 amide bonds. The Labute approximate surface area is 219 Å². The second-order valence-corrected chi connectivity index (χ2v) is 9.44. The van der Waals surface area contributed by atoms with Crippen molar-refractivity contribution in [2.24, 2.45) is 5.73 Å². The maximum atomic E-state index is 12.8. The number of hydrogen-bond donors (Lipinski definition) is 5. The summed E-state index contributed by atoms with van der Waals surface area (Å²) < 4.78 is 2.27. The Morgan fingerprint density at radius 2 is 1.16 bits per heavy atom. The van der Waals surface area contributed by atoms with Crippen LogP contribution in [0, 0.1) is 0 Å². The van der Waals surface area contributed by atoms with E-state index in [1.54, 1.807) is 41.3 Å². The van der Waals surface area contributed by atoms with E-state index in [0.717, 1.165) is 34.8 Å². The number of benzene rings is 2. The number of aliphatic hydroxyl groups is 2. The lowest BCUT2D eigenvalue weighted by Gasteiger charge is -2.29. The number of pyridine rings is 2. The van der Waals surface area contributed by atoms with Gasteiger partial charge in [0.2, 0.25) is 0 Å². The molecule has 0 bridgehead atoms. The van der Waals surface area contributed by atoms with Gasteiger partial charge in [-0.15, -0.1) is 0 Å². The molecule has 6 N–H and O–H groups in total. The number of aromatic nitrogens is 2. The minimum atomic E-state index is -1.34. The lowest BCUT2D eigenvalue weighted by molar-refractivity contribution is 0.0134. The zero-order valence-electron chi connectivity index (χ0n) is 21.1. The Balaban J connectivity index is 1.64. The van der Waals surface area contributed by atoms with E-state index in [1.807, 2.05) is 0 Å². The first-order chi connectivity index (χ1) is 18.3. The summed E-state index contributed by atoms with van der Waals surface area (Å²) in [4.78, 5) is 27.3. The summed E-state index contributed by atoms with van der Waals surface area (Å²) >= 11 is 0. The average Bonchev–Trinajstić information content (AvgIpc) is 2.89. The summed E-state index contributed by atoms with van der Waals surface area (Å²) in [7, 11) is 0. The molecule has 2 atom stereocenters. The molecule has 0 aliphatic carbocycles. The van der Waals surface area contributed by atoms with E-state index < -0.39 is 23.6 Å². The summed E-state index contributed by atoms with van der Waals surface area (Å²) in [5.41, 5.74) is 5.06. The number of hydrogen-bond acceptors (Lipinski definition) is 8. The van der Waals surface area contributed by atoms with E-state index in [2.05, 4.69) is 0 Å². The van der Waals surface area contributed by atoms with Gasteiger partial charge >= 0.3 is 0 Å². The Kier molecular flexibility index (Phi) is 8.80. The number of nitrogens with zero attached hydrogens (tertiary/aromatic N) is 3. The first-order valence-corrected chi connectivity index (χ1v) is 12.8. The van der Waals surface area contributed by atoms with Crippen LogP contribution in [-0.2, 0) is 0 Å². The SMILES string of the molecule is NCCCCCCN(CC(O)n1c(=O)ccc2cccc(O)c21)CC(O)n1c(=O)ccc2cccc(O)c21. The third kappa shape index (κ3) is 5.89. The molecule has 0 radical (unpaired) electrons. The normalized spacial score (nSPS) is 13.4. The van der Waals surface area contributed by atoms with Gasteiger partial charge in [-0.1, -0.05) is 37.1 Å². The molecule has 0 saturated carbocycles. The first kappa shape index (κ1) is 27.3. The monoisotopic (exact) mass is 522 g/mol. The summed E-state index contributed by atoms with van der Waals surface area (Å²) in [5, 5.41) is 44.4. The molecule has 2 heterocycles. The highest BCUT2D eigenvalue weighted by molar-refractivity contribution is 5.85. The standard InChI is InChI=1S/C28H34N4O6/c29-15-3-1-2-4-16-30(17-25(37)31-23(35)13-11-19-7-5-9-21(33)27(19)31)18-26(38)32-24(36)14-12-20-8-6-10-22(34)28(20)32/h5-14,25-26,33-34,37-38H,1-4,15-18,29H2. The average molecular weight is 523 g/mol. The van der Waals surface area contributed by atoms with Crippen molar-refractivity contribution in [2.45, 2.75) is 38.1 Å². The van der Waals surface area contributed by atoms with Gasteiger partial charge in [-0.3, -0.25) is 23.6 Å². The molecule has 0 spiro atoms. The summed E-state index contributed by atoms with van der Waals surface area (Å²) in [5.74, 6) is -0.268. The molecule has 202 valence electrons. The van der Waals surface area contributed by atoms with Crippen LogP contribution in [0.25, 0.3) is 21.8 Å². The number of rotatable bonds is 12. The van der Waals surface area contributed by atoms with Crippen LogP contribution in [0.3, 0.4) is 0 Å². The Morgan fingerprint density at radius 1 is 0.684 bits per heavy atom. The number of aromatic hydroxyl groups is 2. The number of unbranched alkanes of at least 4 members (excludes halogenated alkanes) is 3. The van der Waals surface area contributed by atoms with Gasteiger partial charge in [0.05, 0.1) is 11.0 Å². The summed E-state index contributed by atoms with van der Waals surface area (Å²) in [6, 6.07) is 15.5. The summed E-state index contributed by atoms with van der Waals surface area (Å²) in [6.45, 7) is 0.970. The van der Waals surface area contributed by atoms with Crippen LogP contribution in [0.1, 0.15) is 38.1 Å². The lowest BCUT2D eigenvalue weighted by atomic mass is 10.1. The Morgan fingerprint density at radius 3 is 1.63 bits per heavy atom. The highest BCUT2D eigenvalue weighted by Crippen LogP contribution is 2.27. The van der Waals surface area contributed by atoms with Crippen LogP contribution in [0.4, 0.5) is 0 Å². The Bertz CT molecular complexity index is 1410. The number of para-hydroxylation sites is 2. The maximum Gasteiger partial charge on any atom is 0.253 e. The van der Waals surface area contributed by atoms with Crippen LogP contribution in [0.5, 0.6) is 11.5 Å². The Hall–Kier alpha value is -3.70. The number of nitrogens with two attached hydrogens (primary N) is 1. The minimum Gasteiger partial charge on any atom is -0.506 e. The lowest BCUT2D eigenvalue weighted by Crippen LogP contribution is -2.40. The highest BCUT2D eigenvalue weighted by Gasteiger charge is 2.22. The summed E-state index contributed by atoms with van der Waals surface area (Å²) in [6.07, 6.45) is 0.764. The van der Waals surface area contributed by atoms with Crippen molar-refractivity contribution in [3.05, 3.63) is 81.4 Å². The third-order valence-electron chi connectivity index (χ3n) is 6.73. The van der Waals surface area contributed by atoms with E-state index >= 15 is 0 Å². The fourth-order valence-electron chi connectivity index (χ4n) is 4.90. The van der Waals surface area contributed by atoms with Gasteiger partial charge < -0.3 is 26.2 Å². The number of aliphatic hydroxyl groups excluding tert-OH is 2. The van der Waals surface area contributed by atoms with Gasteiger partial charge in [-0.2, -0.15) is 0 Å². The quantitative estimate of drug-likeness (QED) is 0.178. The topological polar surface area (TPSA) is 154 Å². The predicted molar refractivity (Wildman–Crippen MR) is 146 cm³/mol. The molecule has 10 heteroatoms. The first-order valence-electron chi connectivity index (χ1n) is 12.8. The van der Waals surface area contributed by atoms with Crippen LogP contribution in [0.2, 0.25) is 0 Å². The predicted octanol–water partition coefficient (Wildman–Crippen LogP) is 2.23. The fourth-order valence-corrected chi connectivity index (χ4v) is 4.90. The molecular formula is C28H34N4O6. The van der Waals surface area contributed by atoms with Gasteiger partial charge in [0.25, 0.3) is 11.1 Å². The van der Waals surface area contributed by atoms with E-state index in [0.29, 0.717) is 23.9 Å². The van der Waals surface area contributed by atoms with Crippen molar-refractivity contribution >= 4 is 21.8 Å². The van der Waals surface area contributed by atoms with Crippen LogP contribution in [-0.4, -0.2) is 60.6 Å². The van der Waals surface area contributed by atoms with Gasteiger partial charge in [0.1, 0.15) is 24.0 Å². The van der Waals surface area contributed by atoms with E-state index in [-0.39, 0.29) is 35.6 Å². The van der Waals surface area contributed by atoms with Gasteiger partial charge in [-0.05, 0) is 50.2 Å². The minimum absolute atomic E-state index is 0.0488. The molecular weight excluding hydrogens is 488 g/mol.